The van der Waals surface area contributed by atoms with Gasteiger partial charge in [0.05, 0.1) is 0 Å². The molecule has 6 heteroatoms. The standard InChI is InChI=1S/C13H24N2O3S/c1-13(2)6-4-9(8-13)14-12(18)15-10(11(16)17)5-7-19-3/h9-10H,4-8H2,1-3H3,(H,16,17)(H2,14,15,18). The first kappa shape index (κ1) is 16.1. The molecule has 0 aromatic carbocycles. The fraction of sp³-hybridized carbons (Fsp3) is 0.846. The number of aliphatic carboxylic acids is 1. The molecule has 0 heterocycles. The first-order valence-corrected chi connectivity index (χ1v) is 8.02. The topological polar surface area (TPSA) is 78.4 Å². The lowest BCUT2D eigenvalue weighted by Gasteiger charge is -2.19. The first-order valence-electron chi connectivity index (χ1n) is 6.63. The van der Waals surface area contributed by atoms with Gasteiger partial charge in [-0.2, -0.15) is 11.8 Å². The van der Waals surface area contributed by atoms with E-state index < -0.39 is 12.0 Å². The summed E-state index contributed by atoms with van der Waals surface area (Å²) < 4.78 is 0. The van der Waals surface area contributed by atoms with Gasteiger partial charge >= 0.3 is 12.0 Å². The molecule has 0 radical (unpaired) electrons. The minimum Gasteiger partial charge on any atom is -0.480 e. The molecular weight excluding hydrogens is 264 g/mol. The lowest BCUT2D eigenvalue weighted by molar-refractivity contribution is -0.139. The highest BCUT2D eigenvalue weighted by molar-refractivity contribution is 7.98. The van der Waals surface area contributed by atoms with Crippen LogP contribution in [0.4, 0.5) is 4.79 Å². The Morgan fingerprint density at radius 2 is 2.16 bits per heavy atom. The van der Waals surface area contributed by atoms with Gasteiger partial charge in [-0.1, -0.05) is 13.8 Å². The Labute approximate surface area is 118 Å². The Kier molecular flexibility index (Phi) is 5.97. The number of hydrogen-bond acceptors (Lipinski definition) is 3. The SMILES string of the molecule is CSCCC(NC(=O)NC1CCC(C)(C)C1)C(=O)O. The molecule has 1 aliphatic rings. The number of nitrogens with one attached hydrogen (secondary N) is 2. The van der Waals surface area contributed by atoms with Gasteiger partial charge in [0.1, 0.15) is 6.04 Å². The molecule has 19 heavy (non-hydrogen) atoms. The Morgan fingerprint density at radius 3 is 2.63 bits per heavy atom. The van der Waals surface area contributed by atoms with E-state index in [1.807, 2.05) is 6.26 Å². The molecule has 1 fully saturated rings. The summed E-state index contributed by atoms with van der Waals surface area (Å²) >= 11 is 1.57. The second-order valence-electron chi connectivity index (χ2n) is 5.89. The van der Waals surface area contributed by atoms with Crippen LogP contribution >= 0.6 is 11.8 Å². The number of carboxylic acid groups (broad SMARTS) is 1. The summed E-state index contributed by atoms with van der Waals surface area (Å²) in [5.41, 5.74) is 0.267. The molecule has 0 spiro atoms. The van der Waals surface area contributed by atoms with Crippen molar-refractivity contribution in [2.75, 3.05) is 12.0 Å². The van der Waals surface area contributed by atoms with Crippen molar-refractivity contribution in [2.24, 2.45) is 5.41 Å². The number of thioether (sulfide) groups is 1. The van der Waals surface area contributed by atoms with Crippen LogP contribution in [0.25, 0.3) is 0 Å². The Hall–Kier alpha value is -0.910. The molecule has 0 aliphatic heterocycles. The van der Waals surface area contributed by atoms with Crippen LogP contribution in [0.15, 0.2) is 0 Å². The predicted molar refractivity (Wildman–Crippen MR) is 77.5 cm³/mol. The van der Waals surface area contributed by atoms with Crippen LogP contribution in [0.2, 0.25) is 0 Å². The van der Waals surface area contributed by atoms with E-state index in [0.717, 1.165) is 19.3 Å². The monoisotopic (exact) mass is 288 g/mol. The number of amides is 2. The number of carbonyl (C=O) groups excluding carboxylic acids is 1. The van der Waals surface area contributed by atoms with Gasteiger partial charge in [-0.05, 0) is 43.1 Å². The van der Waals surface area contributed by atoms with Crippen LogP contribution in [-0.2, 0) is 4.79 Å². The number of carboxylic acids is 1. The number of carbonyl (C=O) groups is 2. The average molecular weight is 288 g/mol. The molecule has 2 unspecified atom stereocenters. The minimum atomic E-state index is -0.976. The summed E-state index contributed by atoms with van der Waals surface area (Å²) in [5.74, 6) is -0.260. The summed E-state index contributed by atoms with van der Waals surface area (Å²) in [6, 6.07) is -1.01. The fourth-order valence-electron chi connectivity index (χ4n) is 2.44. The third-order valence-corrected chi connectivity index (χ3v) is 4.16. The quantitative estimate of drug-likeness (QED) is 0.699. The van der Waals surface area contributed by atoms with Crippen molar-refractivity contribution in [3.63, 3.8) is 0 Å². The van der Waals surface area contributed by atoms with Crippen LogP contribution in [0.5, 0.6) is 0 Å². The number of urea groups is 1. The highest BCUT2D eigenvalue weighted by Crippen LogP contribution is 2.36. The Bertz CT molecular complexity index is 334. The Balaban J connectivity index is 2.38. The highest BCUT2D eigenvalue weighted by atomic mass is 32.2. The van der Waals surface area contributed by atoms with E-state index in [1.165, 1.54) is 0 Å². The average Bonchev–Trinajstić information content (AvgIpc) is 2.63. The Morgan fingerprint density at radius 1 is 1.47 bits per heavy atom. The van der Waals surface area contributed by atoms with Crippen molar-refractivity contribution >= 4 is 23.8 Å². The van der Waals surface area contributed by atoms with E-state index in [1.54, 1.807) is 11.8 Å². The van der Waals surface area contributed by atoms with Crippen LogP contribution in [-0.4, -0.2) is 41.2 Å². The maximum atomic E-state index is 11.8. The van der Waals surface area contributed by atoms with E-state index in [0.29, 0.717) is 12.2 Å². The van der Waals surface area contributed by atoms with Gasteiger partial charge in [-0.3, -0.25) is 0 Å². The van der Waals surface area contributed by atoms with Gasteiger partial charge in [0, 0.05) is 6.04 Å². The predicted octanol–water partition coefficient (Wildman–Crippen LogP) is 2.07. The second-order valence-corrected chi connectivity index (χ2v) is 6.88. The summed E-state index contributed by atoms with van der Waals surface area (Å²) in [6.45, 7) is 4.37. The van der Waals surface area contributed by atoms with Crippen LogP contribution < -0.4 is 10.6 Å². The molecule has 0 aromatic rings. The van der Waals surface area contributed by atoms with Crippen molar-refractivity contribution in [3.8, 4) is 0 Å². The van der Waals surface area contributed by atoms with E-state index in [-0.39, 0.29) is 17.5 Å². The van der Waals surface area contributed by atoms with Crippen LogP contribution in [0, 0.1) is 5.41 Å². The smallest absolute Gasteiger partial charge is 0.326 e. The summed E-state index contributed by atoms with van der Waals surface area (Å²) in [4.78, 5) is 22.8. The van der Waals surface area contributed by atoms with Gasteiger partial charge < -0.3 is 15.7 Å². The van der Waals surface area contributed by atoms with Crippen molar-refractivity contribution in [2.45, 2.75) is 51.6 Å². The third kappa shape index (κ3) is 5.72. The van der Waals surface area contributed by atoms with E-state index in [4.69, 9.17) is 5.11 Å². The molecule has 0 bridgehead atoms. The third-order valence-electron chi connectivity index (χ3n) is 3.52. The summed E-state index contributed by atoms with van der Waals surface area (Å²) in [5, 5.41) is 14.5. The van der Waals surface area contributed by atoms with Crippen molar-refractivity contribution < 1.29 is 14.7 Å². The molecule has 1 aliphatic carbocycles. The lowest BCUT2D eigenvalue weighted by Crippen LogP contribution is -2.48. The molecular formula is C13H24N2O3S. The summed E-state index contributed by atoms with van der Waals surface area (Å²) in [7, 11) is 0. The lowest BCUT2D eigenvalue weighted by atomic mass is 9.92. The number of rotatable bonds is 6. The molecule has 3 N–H and O–H groups in total. The van der Waals surface area contributed by atoms with Crippen LogP contribution in [0.3, 0.4) is 0 Å². The zero-order valence-electron chi connectivity index (χ0n) is 11.9. The second kappa shape index (κ2) is 7.03. The maximum absolute atomic E-state index is 11.8. The largest absolute Gasteiger partial charge is 0.480 e. The molecule has 110 valence electrons. The van der Waals surface area contributed by atoms with Gasteiger partial charge in [0.15, 0.2) is 0 Å². The van der Waals surface area contributed by atoms with Gasteiger partial charge in [0.2, 0.25) is 0 Å². The molecule has 5 nitrogen and oxygen atoms in total. The normalized spacial score (nSPS) is 22.8. The van der Waals surface area contributed by atoms with E-state index >= 15 is 0 Å². The highest BCUT2D eigenvalue weighted by Gasteiger charge is 2.32. The summed E-state index contributed by atoms with van der Waals surface area (Å²) in [6.07, 6.45) is 5.36. The zero-order valence-corrected chi connectivity index (χ0v) is 12.7. The van der Waals surface area contributed by atoms with Crippen molar-refractivity contribution in [1.82, 2.24) is 10.6 Å². The van der Waals surface area contributed by atoms with Crippen molar-refractivity contribution in [1.29, 1.82) is 0 Å². The zero-order chi connectivity index (χ0) is 14.5. The minimum absolute atomic E-state index is 0.157. The molecule has 0 aromatic heterocycles. The molecule has 2 atom stereocenters. The first-order chi connectivity index (χ1) is 8.84. The van der Waals surface area contributed by atoms with Gasteiger partial charge in [0.25, 0.3) is 0 Å². The molecule has 1 saturated carbocycles. The van der Waals surface area contributed by atoms with Gasteiger partial charge in [-0.25, -0.2) is 9.59 Å². The molecule has 0 saturated heterocycles. The van der Waals surface area contributed by atoms with Gasteiger partial charge in [-0.15, -0.1) is 0 Å². The molecule has 1 rings (SSSR count). The van der Waals surface area contributed by atoms with E-state index in [2.05, 4.69) is 24.5 Å². The fourth-order valence-corrected chi connectivity index (χ4v) is 2.91. The number of hydrogen-bond donors (Lipinski definition) is 3. The molecule has 2 amide bonds. The van der Waals surface area contributed by atoms with Crippen LogP contribution in [0.1, 0.15) is 39.5 Å². The van der Waals surface area contributed by atoms with E-state index in [9.17, 15) is 9.59 Å². The maximum Gasteiger partial charge on any atom is 0.326 e. The van der Waals surface area contributed by atoms with Crippen molar-refractivity contribution in [3.05, 3.63) is 0 Å².